The third-order valence-electron chi connectivity index (χ3n) is 4.71. The van der Waals surface area contributed by atoms with Gasteiger partial charge in [-0.1, -0.05) is 6.42 Å². The molecule has 2 fully saturated rings. The van der Waals surface area contributed by atoms with Crippen molar-refractivity contribution in [2.24, 2.45) is 22.9 Å². The van der Waals surface area contributed by atoms with Crippen LogP contribution in [0.2, 0.25) is 0 Å². The first-order valence-electron chi connectivity index (χ1n) is 7.23. The lowest BCUT2D eigenvalue weighted by Crippen LogP contribution is -2.24. The number of hydrazone groups is 1. The van der Waals surface area contributed by atoms with Gasteiger partial charge in [0.15, 0.2) is 0 Å². The molecule has 3 nitrogen and oxygen atoms in total. The zero-order valence-electron chi connectivity index (χ0n) is 11.6. The summed E-state index contributed by atoms with van der Waals surface area (Å²) < 4.78 is 12.8. The van der Waals surface area contributed by atoms with Gasteiger partial charge in [0.25, 0.3) is 5.91 Å². The first-order chi connectivity index (χ1) is 9.63. The van der Waals surface area contributed by atoms with Gasteiger partial charge in [0.2, 0.25) is 0 Å². The van der Waals surface area contributed by atoms with Gasteiger partial charge in [-0.05, 0) is 62.3 Å². The summed E-state index contributed by atoms with van der Waals surface area (Å²) in [5.41, 5.74) is 4.03. The lowest BCUT2D eigenvalue weighted by molar-refractivity contribution is 0.0954. The summed E-state index contributed by atoms with van der Waals surface area (Å²) in [6.07, 6.45) is 5.19. The number of amides is 1. The smallest absolute Gasteiger partial charge is 0.267 e. The number of nitrogens with zero attached hydrogens (tertiary/aromatic N) is 1. The van der Waals surface area contributed by atoms with Crippen molar-refractivity contribution in [2.75, 3.05) is 0 Å². The zero-order chi connectivity index (χ0) is 14.1. The van der Waals surface area contributed by atoms with Crippen LogP contribution in [-0.4, -0.2) is 11.6 Å². The molecular weight excluding hydrogens is 255 g/mol. The third kappa shape index (κ3) is 2.60. The van der Waals surface area contributed by atoms with E-state index < -0.39 is 0 Å². The van der Waals surface area contributed by atoms with Crippen LogP contribution in [0.1, 0.15) is 43.0 Å². The summed E-state index contributed by atoms with van der Waals surface area (Å²) in [5, 5.41) is 4.25. The molecule has 1 amide bonds. The van der Waals surface area contributed by atoms with Crippen molar-refractivity contribution in [3.8, 4) is 0 Å². The number of benzene rings is 1. The molecule has 0 aromatic heterocycles. The Kier molecular flexibility index (Phi) is 3.55. The number of halogens is 1. The van der Waals surface area contributed by atoms with Crippen molar-refractivity contribution in [1.82, 2.24) is 5.43 Å². The minimum Gasteiger partial charge on any atom is -0.267 e. The van der Waals surface area contributed by atoms with E-state index in [0.29, 0.717) is 11.5 Å². The molecule has 2 aliphatic rings. The van der Waals surface area contributed by atoms with Gasteiger partial charge in [0.1, 0.15) is 5.82 Å². The Morgan fingerprint density at radius 3 is 2.60 bits per heavy atom. The number of nitrogens with one attached hydrogen (secondary N) is 1. The molecule has 3 atom stereocenters. The molecule has 20 heavy (non-hydrogen) atoms. The highest BCUT2D eigenvalue weighted by Gasteiger charge is 2.40. The Hall–Kier alpha value is -1.71. The van der Waals surface area contributed by atoms with Gasteiger partial charge >= 0.3 is 0 Å². The Labute approximate surface area is 118 Å². The van der Waals surface area contributed by atoms with Crippen molar-refractivity contribution < 1.29 is 9.18 Å². The average molecular weight is 274 g/mol. The molecule has 1 aromatic carbocycles. The molecule has 2 saturated carbocycles. The first-order valence-corrected chi connectivity index (χ1v) is 7.23. The number of hydrogen-bond donors (Lipinski definition) is 1. The maximum Gasteiger partial charge on any atom is 0.271 e. The molecule has 0 spiro atoms. The van der Waals surface area contributed by atoms with Crippen molar-refractivity contribution in [1.29, 1.82) is 0 Å². The van der Waals surface area contributed by atoms with Gasteiger partial charge in [0.05, 0.1) is 0 Å². The van der Waals surface area contributed by atoms with Crippen molar-refractivity contribution in [2.45, 2.75) is 32.6 Å². The molecule has 2 bridgehead atoms. The molecule has 4 heteroatoms. The number of hydrogen-bond acceptors (Lipinski definition) is 2. The minimum absolute atomic E-state index is 0.285. The summed E-state index contributed by atoms with van der Waals surface area (Å²) in [5.74, 6) is 1.52. The van der Waals surface area contributed by atoms with Crippen LogP contribution in [0.4, 0.5) is 4.39 Å². The van der Waals surface area contributed by atoms with E-state index in [1.807, 2.05) is 6.92 Å². The summed E-state index contributed by atoms with van der Waals surface area (Å²) in [4.78, 5) is 11.9. The second-order valence-corrected chi connectivity index (χ2v) is 5.98. The van der Waals surface area contributed by atoms with Gasteiger partial charge in [0, 0.05) is 17.2 Å². The highest BCUT2D eigenvalue weighted by Crippen LogP contribution is 2.48. The lowest BCUT2D eigenvalue weighted by atomic mass is 9.86. The second-order valence-electron chi connectivity index (χ2n) is 5.98. The molecule has 0 saturated heterocycles. The minimum atomic E-state index is -0.344. The van der Waals surface area contributed by atoms with Gasteiger partial charge < -0.3 is 0 Å². The summed E-state index contributed by atoms with van der Waals surface area (Å²) in [6, 6.07) is 5.49. The molecule has 0 aliphatic heterocycles. The van der Waals surface area contributed by atoms with Crippen molar-refractivity contribution >= 4 is 11.6 Å². The van der Waals surface area contributed by atoms with Gasteiger partial charge in [-0.2, -0.15) is 5.10 Å². The third-order valence-corrected chi connectivity index (χ3v) is 4.71. The van der Waals surface area contributed by atoms with E-state index in [-0.39, 0.29) is 11.7 Å². The van der Waals surface area contributed by atoms with E-state index in [1.54, 1.807) is 0 Å². The Morgan fingerprint density at radius 1 is 1.25 bits per heavy atom. The number of carbonyl (C=O) groups is 1. The average Bonchev–Trinajstić information content (AvgIpc) is 3.08. The SMILES string of the molecule is C/C(=N\NC(=O)c1ccc(F)cc1)C1CC2CCC1C2. The van der Waals surface area contributed by atoms with E-state index in [2.05, 4.69) is 10.5 Å². The van der Waals surface area contributed by atoms with E-state index in [9.17, 15) is 9.18 Å². The second kappa shape index (κ2) is 5.35. The topological polar surface area (TPSA) is 41.5 Å². The van der Waals surface area contributed by atoms with Crippen LogP contribution in [0, 0.1) is 23.6 Å². The van der Waals surface area contributed by atoms with Crippen molar-refractivity contribution in [3.63, 3.8) is 0 Å². The Morgan fingerprint density at radius 2 is 2.00 bits per heavy atom. The number of fused-ring (bicyclic) bond motifs is 2. The predicted octanol–water partition coefficient (Wildman–Crippen LogP) is 3.37. The zero-order valence-corrected chi connectivity index (χ0v) is 11.6. The Bertz CT molecular complexity index is 538. The molecular formula is C16H19FN2O. The number of carbonyl (C=O) groups excluding carboxylic acids is 1. The molecule has 3 unspecified atom stereocenters. The molecule has 1 N–H and O–H groups in total. The monoisotopic (exact) mass is 274 g/mol. The summed E-state index contributed by atoms with van der Waals surface area (Å²) in [7, 11) is 0. The molecule has 2 aliphatic carbocycles. The lowest BCUT2D eigenvalue weighted by Gasteiger charge is -2.21. The molecule has 106 valence electrons. The summed E-state index contributed by atoms with van der Waals surface area (Å²) >= 11 is 0. The fraction of sp³-hybridized carbons (Fsp3) is 0.500. The first kappa shape index (κ1) is 13.3. The quantitative estimate of drug-likeness (QED) is 0.666. The largest absolute Gasteiger partial charge is 0.271 e. The van der Waals surface area contributed by atoms with Gasteiger partial charge in [-0.25, -0.2) is 9.82 Å². The van der Waals surface area contributed by atoms with E-state index in [1.165, 1.54) is 49.9 Å². The maximum absolute atomic E-state index is 12.8. The highest BCUT2D eigenvalue weighted by molar-refractivity contribution is 5.95. The summed E-state index contributed by atoms with van der Waals surface area (Å²) in [6.45, 7) is 2.00. The van der Waals surface area contributed by atoms with E-state index in [0.717, 1.165) is 17.5 Å². The molecule has 0 radical (unpaired) electrons. The van der Waals surface area contributed by atoms with Crippen LogP contribution in [-0.2, 0) is 0 Å². The van der Waals surface area contributed by atoms with Crippen LogP contribution in [0.25, 0.3) is 0 Å². The van der Waals surface area contributed by atoms with Crippen LogP contribution in [0.3, 0.4) is 0 Å². The maximum atomic E-state index is 12.8. The van der Waals surface area contributed by atoms with Gasteiger partial charge in [-0.3, -0.25) is 4.79 Å². The van der Waals surface area contributed by atoms with Crippen LogP contribution >= 0.6 is 0 Å². The molecule has 3 rings (SSSR count). The standard InChI is InChI=1S/C16H19FN2O/c1-10(15-9-11-2-3-13(15)8-11)18-19-16(20)12-4-6-14(17)7-5-12/h4-7,11,13,15H,2-3,8-9H2,1H3,(H,19,20)/b18-10+. The van der Waals surface area contributed by atoms with E-state index in [4.69, 9.17) is 0 Å². The van der Waals surface area contributed by atoms with Gasteiger partial charge in [-0.15, -0.1) is 0 Å². The number of rotatable bonds is 3. The normalized spacial score (nSPS) is 28.7. The van der Waals surface area contributed by atoms with Crippen LogP contribution < -0.4 is 5.43 Å². The predicted molar refractivity (Wildman–Crippen MR) is 75.9 cm³/mol. The van der Waals surface area contributed by atoms with Crippen molar-refractivity contribution in [3.05, 3.63) is 35.6 Å². The molecule has 1 aromatic rings. The Balaban J connectivity index is 1.61. The highest BCUT2D eigenvalue weighted by atomic mass is 19.1. The van der Waals surface area contributed by atoms with Crippen LogP contribution in [0.5, 0.6) is 0 Å². The van der Waals surface area contributed by atoms with E-state index >= 15 is 0 Å². The fourth-order valence-corrected chi connectivity index (χ4v) is 3.64. The molecule has 0 heterocycles. The van der Waals surface area contributed by atoms with Crippen LogP contribution in [0.15, 0.2) is 29.4 Å². The fourth-order valence-electron chi connectivity index (χ4n) is 3.64.